The smallest absolute Gasteiger partial charge is 0.426 e. The molecule has 1 aromatic carbocycles. The Morgan fingerprint density at radius 1 is 0.892 bits per heavy atom. The fourth-order valence-corrected chi connectivity index (χ4v) is 5.21. The van der Waals surface area contributed by atoms with Crippen molar-refractivity contribution in [1.29, 1.82) is 0 Å². The van der Waals surface area contributed by atoms with E-state index in [-0.39, 0.29) is 24.7 Å². The summed E-state index contributed by atoms with van der Waals surface area (Å²) < 4.78 is 79.7. The summed E-state index contributed by atoms with van der Waals surface area (Å²) in [6.45, 7) is 4.71. The molecule has 4 rings (SSSR count). The summed E-state index contributed by atoms with van der Waals surface area (Å²) in [7, 11) is 0. The fraction of sp³-hybridized carbons (Fsp3) is 0.667. The van der Waals surface area contributed by atoms with Gasteiger partial charge in [0.15, 0.2) is 0 Å². The maximum absolute atomic E-state index is 12.6. The first kappa shape index (κ1) is 28.8. The van der Waals surface area contributed by atoms with Crippen molar-refractivity contribution in [3.05, 3.63) is 29.8 Å². The maximum Gasteiger partial charge on any atom is 0.434 e. The third-order valence-corrected chi connectivity index (χ3v) is 7.08. The monoisotopic (exact) mass is 537 g/mol. The Morgan fingerprint density at radius 2 is 1.41 bits per heavy atom. The highest BCUT2D eigenvalue weighted by atomic mass is 19.4. The molecule has 7 nitrogen and oxygen atoms in total. The van der Waals surface area contributed by atoms with Crippen LogP contribution in [-0.4, -0.2) is 79.8 Å². The number of piperidine rings is 2. The number of anilines is 1. The molecule has 0 aliphatic carbocycles. The zero-order valence-corrected chi connectivity index (χ0v) is 20.1. The minimum Gasteiger partial charge on any atom is -0.426 e. The molecular weight excluding hydrogens is 508 g/mol. The second kappa shape index (κ2) is 11.7. The molecule has 1 aromatic rings. The van der Waals surface area contributed by atoms with Gasteiger partial charge in [0, 0.05) is 51.5 Å². The lowest BCUT2D eigenvalue weighted by Crippen LogP contribution is -2.60. The predicted octanol–water partition coefficient (Wildman–Crippen LogP) is 4.62. The zero-order chi connectivity index (χ0) is 27.3. The van der Waals surface area contributed by atoms with Crippen molar-refractivity contribution < 1.29 is 45.5 Å². The van der Waals surface area contributed by atoms with Crippen LogP contribution in [0.2, 0.25) is 0 Å². The predicted molar refractivity (Wildman–Crippen MR) is 118 cm³/mol. The molecule has 1 spiro atoms. The standard InChI is InChI=1S/C23H29F6N3O2.CO2/c24-22(25,26)19(23(27,28)29)34-20(33)32-12-8-21(9-13-32)15-30(16-21)14-17-4-6-18(7-5-17)31-10-2-1-3-11-31;2-1-3/h4-7,19H,1-3,8-16H2;. The molecule has 206 valence electrons. The lowest BCUT2D eigenvalue weighted by atomic mass is 9.72. The zero-order valence-electron chi connectivity index (χ0n) is 20.1. The van der Waals surface area contributed by atoms with E-state index in [9.17, 15) is 31.1 Å². The number of rotatable bonds is 4. The van der Waals surface area contributed by atoms with Crippen molar-refractivity contribution in [2.45, 2.75) is 57.1 Å². The molecule has 0 atom stereocenters. The first-order chi connectivity index (χ1) is 17.4. The van der Waals surface area contributed by atoms with Gasteiger partial charge in [0.05, 0.1) is 0 Å². The van der Waals surface area contributed by atoms with Gasteiger partial charge in [0.1, 0.15) is 0 Å². The van der Waals surface area contributed by atoms with Gasteiger partial charge in [-0.2, -0.15) is 35.9 Å². The number of halogens is 6. The lowest BCUT2D eigenvalue weighted by Gasteiger charge is -2.54. The molecule has 0 unspecified atom stereocenters. The molecule has 0 radical (unpaired) electrons. The second-order valence-electron chi connectivity index (χ2n) is 9.78. The van der Waals surface area contributed by atoms with Crippen molar-refractivity contribution >= 4 is 17.9 Å². The van der Waals surface area contributed by atoms with E-state index < -0.39 is 24.5 Å². The van der Waals surface area contributed by atoms with Crippen LogP contribution >= 0.6 is 0 Å². The van der Waals surface area contributed by atoms with Gasteiger partial charge in [0.2, 0.25) is 0 Å². The van der Waals surface area contributed by atoms with Crippen molar-refractivity contribution in [3.63, 3.8) is 0 Å². The number of nitrogens with zero attached hydrogens (tertiary/aromatic N) is 3. The highest BCUT2D eigenvalue weighted by Crippen LogP contribution is 2.42. The Labute approximate surface area is 210 Å². The van der Waals surface area contributed by atoms with Gasteiger partial charge in [0.25, 0.3) is 6.10 Å². The third-order valence-electron chi connectivity index (χ3n) is 7.08. The Hall–Kier alpha value is -2.79. The lowest BCUT2D eigenvalue weighted by molar-refractivity contribution is -0.308. The highest BCUT2D eigenvalue weighted by Gasteiger charge is 2.60. The summed E-state index contributed by atoms with van der Waals surface area (Å²) in [5.41, 5.74) is 2.38. The number of carbonyl (C=O) groups excluding carboxylic acids is 3. The molecule has 0 aromatic heterocycles. The van der Waals surface area contributed by atoms with Gasteiger partial charge in [-0.1, -0.05) is 12.1 Å². The van der Waals surface area contributed by atoms with Crippen LogP contribution < -0.4 is 4.90 Å². The van der Waals surface area contributed by atoms with Gasteiger partial charge in [-0.15, -0.1) is 0 Å². The number of likely N-dealkylation sites (tertiary alicyclic amines) is 2. The topological polar surface area (TPSA) is 70.2 Å². The molecule has 3 heterocycles. The van der Waals surface area contributed by atoms with Gasteiger partial charge >= 0.3 is 24.6 Å². The number of hydrogen-bond donors (Lipinski definition) is 0. The normalized spacial score (nSPS) is 20.1. The van der Waals surface area contributed by atoms with Crippen molar-refractivity contribution in [1.82, 2.24) is 9.80 Å². The van der Waals surface area contributed by atoms with Crippen LogP contribution in [0, 0.1) is 5.41 Å². The van der Waals surface area contributed by atoms with E-state index in [2.05, 4.69) is 38.8 Å². The van der Waals surface area contributed by atoms with Crippen molar-refractivity contribution in [3.8, 4) is 0 Å². The van der Waals surface area contributed by atoms with E-state index in [1.807, 2.05) is 0 Å². The number of amides is 1. The number of carbonyl (C=O) groups is 1. The van der Waals surface area contributed by atoms with Crippen LogP contribution in [0.1, 0.15) is 37.7 Å². The van der Waals surface area contributed by atoms with Crippen LogP contribution in [0.25, 0.3) is 0 Å². The number of benzene rings is 1. The van der Waals surface area contributed by atoms with Gasteiger partial charge in [-0.25, -0.2) is 4.79 Å². The minimum atomic E-state index is -5.70. The highest BCUT2D eigenvalue weighted by molar-refractivity contribution is 5.68. The summed E-state index contributed by atoms with van der Waals surface area (Å²) in [4.78, 5) is 33.8. The molecule has 13 heteroatoms. The Kier molecular flexibility index (Phi) is 9.12. The van der Waals surface area contributed by atoms with Gasteiger partial charge < -0.3 is 14.5 Å². The summed E-state index contributed by atoms with van der Waals surface area (Å²) >= 11 is 0. The third kappa shape index (κ3) is 7.61. The molecular formula is C24H29F6N3O4. The molecule has 37 heavy (non-hydrogen) atoms. The summed E-state index contributed by atoms with van der Waals surface area (Å²) in [6, 6.07) is 8.56. The Bertz CT molecular complexity index is 911. The SMILES string of the molecule is O=C(OC(C(F)(F)F)C(F)(F)F)N1CCC2(CC1)CN(Cc1ccc(N3CCCCC3)cc1)C2.O=C=O. The Morgan fingerprint density at radius 3 is 1.89 bits per heavy atom. The summed E-state index contributed by atoms with van der Waals surface area (Å²) in [5.74, 6) is 0. The molecule has 0 saturated carbocycles. The van der Waals surface area contributed by atoms with Crippen LogP contribution in [0.15, 0.2) is 24.3 Å². The molecule has 0 N–H and O–H groups in total. The first-order valence-electron chi connectivity index (χ1n) is 12.0. The Balaban J connectivity index is 0.00000121. The molecule has 3 fully saturated rings. The van der Waals surface area contributed by atoms with Gasteiger partial charge in [-0.3, -0.25) is 4.90 Å². The molecule has 3 saturated heterocycles. The largest absolute Gasteiger partial charge is 0.434 e. The molecule has 3 aliphatic heterocycles. The summed E-state index contributed by atoms with van der Waals surface area (Å²) in [5, 5.41) is 0. The maximum atomic E-state index is 12.6. The molecule has 0 bridgehead atoms. The summed E-state index contributed by atoms with van der Waals surface area (Å²) in [6.07, 6.45) is -12.1. The van der Waals surface area contributed by atoms with Crippen LogP contribution in [0.4, 0.5) is 36.8 Å². The molecule has 3 aliphatic rings. The van der Waals surface area contributed by atoms with E-state index in [1.165, 1.54) is 30.5 Å². The average molecular weight is 538 g/mol. The van der Waals surface area contributed by atoms with E-state index >= 15 is 0 Å². The van der Waals surface area contributed by atoms with Crippen LogP contribution in [-0.2, 0) is 20.9 Å². The average Bonchev–Trinajstić information content (AvgIpc) is 2.82. The fourth-order valence-electron chi connectivity index (χ4n) is 5.21. The van der Waals surface area contributed by atoms with E-state index in [0.29, 0.717) is 12.8 Å². The van der Waals surface area contributed by atoms with Gasteiger partial charge in [-0.05, 0) is 55.2 Å². The quantitative estimate of drug-likeness (QED) is 0.523. The molecule has 1 amide bonds. The van der Waals surface area contributed by atoms with E-state index in [0.717, 1.165) is 37.6 Å². The number of ether oxygens (including phenoxy) is 1. The van der Waals surface area contributed by atoms with Crippen LogP contribution in [0.3, 0.4) is 0 Å². The van der Waals surface area contributed by atoms with E-state index in [1.54, 1.807) is 0 Å². The minimum absolute atomic E-state index is 0.0576. The number of hydrogen-bond acceptors (Lipinski definition) is 6. The van der Waals surface area contributed by atoms with Crippen LogP contribution in [0.5, 0.6) is 0 Å². The van der Waals surface area contributed by atoms with Crippen molar-refractivity contribution in [2.24, 2.45) is 5.41 Å². The first-order valence-corrected chi connectivity index (χ1v) is 12.0. The number of alkyl halides is 6. The van der Waals surface area contributed by atoms with E-state index in [4.69, 9.17) is 9.59 Å². The second-order valence-corrected chi connectivity index (χ2v) is 9.78. The van der Waals surface area contributed by atoms with Crippen molar-refractivity contribution in [2.75, 3.05) is 44.2 Å².